The first kappa shape index (κ1) is 21.9. The van der Waals surface area contributed by atoms with Gasteiger partial charge in [0, 0.05) is 17.4 Å². The summed E-state index contributed by atoms with van der Waals surface area (Å²) >= 11 is 3.28. The minimum Gasteiger partial charge on any atom is -0.435 e. The highest BCUT2D eigenvalue weighted by Crippen LogP contribution is 2.26. The molecule has 158 valence electrons. The summed E-state index contributed by atoms with van der Waals surface area (Å²) in [4.78, 5) is 38.2. The first-order valence-corrected chi connectivity index (χ1v) is 10.1. The summed E-state index contributed by atoms with van der Waals surface area (Å²) in [7, 11) is 0. The van der Waals surface area contributed by atoms with Crippen molar-refractivity contribution in [1.29, 1.82) is 0 Å². The first-order chi connectivity index (χ1) is 14.3. The Bertz CT molecular complexity index is 983. The number of amides is 3. The number of hydrogen-bond acceptors (Lipinski definition) is 4. The number of hydrogen-bond donors (Lipinski definition) is 1. The summed E-state index contributed by atoms with van der Waals surface area (Å²) in [5, 5.41) is 2.77. The van der Waals surface area contributed by atoms with Crippen molar-refractivity contribution in [2.45, 2.75) is 32.4 Å². The predicted octanol–water partition coefficient (Wildman–Crippen LogP) is 4.30. The molecule has 0 spiro atoms. The molecule has 2 aromatic carbocycles. The molecule has 3 rings (SSSR count). The number of alkyl halides is 2. The van der Waals surface area contributed by atoms with Crippen molar-refractivity contribution in [1.82, 2.24) is 10.2 Å². The number of nitrogens with zero attached hydrogens (tertiary/aromatic N) is 1. The van der Waals surface area contributed by atoms with E-state index in [1.54, 1.807) is 37.3 Å². The zero-order valence-electron chi connectivity index (χ0n) is 16.0. The topological polar surface area (TPSA) is 75.7 Å². The average Bonchev–Trinajstić information content (AvgIpc) is 2.92. The Hall–Kier alpha value is -2.81. The molecule has 6 nitrogen and oxygen atoms in total. The van der Waals surface area contributed by atoms with Crippen LogP contribution in [0.1, 0.15) is 52.1 Å². The molecule has 1 N–H and O–H groups in total. The first-order valence-electron chi connectivity index (χ1n) is 9.26. The van der Waals surface area contributed by atoms with Crippen molar-refractivity contribution in [3.63, 3.8) is 0 Å². The number of nitrogens with one attached hydrogen (secondary N) is 1. The molecule has 1 aliphatic heterocycles. The number of carbonyl (C=O) groups is 3. The molecule has 0 aromatic heterocycles. The van der Waals surface area contributed by atoms with Gasteiger partial charge < -0.3 is 10.1 Å². The van der Waals surface area contributed by atoms with Gasteiger partial charge in [-0.15, -0.1) is 0 Å². The molecule has 9 heteroatoms. The maximum Gasteiger partial charge on any atom is 0.387 e. The molecule has 1 heterocycles. The zero-order chi connectivity index (χ0) is 21.8. The molecule has 1 atom stereocenters. The van der Waals surface area contributed by atoms with Crippen LogP contribution < -0.4 is 10.1 Å². The highest BCUT2D eigenvalue weighted by molar-refractivity contribution is 9.10. The molecule has 30 heavy (non-hydrogen) atoms. The summed E-state index contributed by atoms with van der Waals surface area (Å²) in [6, 6.07) is 10.6. The molecule has 3 amide bonds. The van der Waals surface area contributed by atoms with Gasteiger partial charge in [0.25, 0.3) is 11.8 Å². The predicted molar refractivity (Wildman–Crippen MR) is 108 cm³/mol. The van der Waals surface area contributed by atoms with Gasteiger partial charge >= 0.3 is 6.61 Å². The minimum atomic E-state index is -2.92. The number of carbonyl (C=O) groups excluding carboxylic acids is 3. The maximum atomic E-state index is 12.4. The fraction of sp³-hybridized carbons (Fsp3) is 0.286. The summed E-state index contributed by atoms with van der Waals surface area (Å²) in [5.74, 6) is -1.00. The summed E-state index contributed by atoms with van der Waals surface area (Å²) in [5.41, 5.74) is 1.32. The molecule has 0 fully saturated rings. The number of ether oxygens (including phenoxy) is 1. The summed E-state index contributed by atoms with van der Waals surface area (Å²) < 4.78 is 29.8. The van der Waals surface area contributed by atoms with Gasteiger partial charge in [-0.3, -0.25) is 19.3 Å². The summed E-state index contributed by atoms with van der Waals surface area (Å²) in [6.07, 6.45) is 0.411. The van der Waals surface area contributed by atoms with Crippen molar-refractivity contribution in [3.05, 3.63) is 63.6 Å². The van der Waals surface area contributed by atoms with Crippen LogP contribution in [0.25, 0.3) is 0 Å². The van der Waals surface area contributed by atoms with Crippen LogP contribution in [0.2, 0.25) is 0 Å². The second-order valence-electron chi connectivity index (χ2n) is 6.80. The Balaban J connectivity index is 1.51. The Morgan fingerprint density at radius 2 is 1.87 bits per heavy atom. The molecule has 1 unspecified atom stereocenters. The van der Waals surface area contributed by atoms with E-state index in [4.69, 9.17) is 0 Å². The lowest BCUT2D eigenvalue weighted by molar-refractivity contribution is -0.121. The monoisotopic (exact) mass is 480 g/mol. The van der Waals surface area contributed by atoms with E-state index in [-0.39, 0.29) is 36.4 Å². The zero-order valence-corrected chi connectivity index (χ0v) is 17.6. The van der Waals surface area contributed by atoms with Crippen molar-refractivity contribution < 1.29 is 27.9 Å². The Morgan fingerprint density at radius 3 is 2.60 bits per heavy atom. The van der Waals surface area contributed by atoms with Gasteiger partial charge in [-0.1, -0.05) is 28.1 Å². The quantitative estimate of drug-likeness (QED) is 0.571. The van der Waals surface area contributed by atoms with Crippen molar-refractivity contribution in [2.75, 3.05) is 6.54 Å². The highest BCUT2D eigenvalue weighted by atomic mass is 79.9. The fourth-order valence-electron chi connectivity index (χ4n) is 3.22. The molecule has 0 saturated carbocycles. The normalized spacial score (nSPS) is 14.1. The molecule has 2 aromatic rings. The second kappa shape index (κ2) is 9.34. The van der Waals surface area contributed by atoms with Crippen LogP contribution in [0, 0.1) is 0 Å². The van der Waals surface area contributed by atoms with E-state index in [9.17, 15) is 23.2 Å². The van der Waals surface area contributed by atoms with Crippen LogP contribution in [-0.4, -0.2) is 35.8 Å². The molecular weight excluding hydrogens is 462 g/mol. The molecule has 0 saturated heterocycles. The fourth-order valence-corrected chi connectivity index (χ4v) is 3.58. The van der Waals surface area contributed by atoms with Gasteiger partial charge in [-0.05, 0) is 49.2 Å². The standard InChI is InChI=1S/C21H19BrF2N2O4/c1-12(13-4-2-5-15(10-13)30-21(23)24)25-18(27)6-3-9-26-19(28)16-8-7-14(22)11-17(16)20(26)29/h2,4-5,7-8,10-12,21H,3,6,9H2,1H3,(H,25,27). The van der Waals surface area contributed by atoms with Crippen molar-refractivity contribution >= 4 is 33.7 Å². The lowest BCUT2D eigenvalue weighted by Gasteiger charge is -2.17. The van der Waals surface area contributed by atoms with E-state index < -0.39 is 12.7 Å². The van der Waals surface area contributed by atoms with E-state index in [1.807, 2.05) is 0 Å². The molecule has 0 radical (unpaired) electrons. The summed E-state index contributed by atoms with van der Waals surface area (Å²) in [6.45, 7) is -1.07. The largest absolute Gasteiger partial charge is 0.435 e. The Kier molecular flexibility index (Phi) is 6.81. The van der Waals surface area contributed by atoms with Gasteiger partial charge in [0.05, 0.1) is 17.2 Å². The van der Waals surface area contributed by atoms with Crippen LogP contribution in [-0.2, 0) is 4.79 Å². The number of rotatable bonds is 8. The second-order valence-corrected chi connectivity index (χ2v) is 7.71. The van der Waals surface area contributed by atoms with E-state index in [0.29, 0.717) is 27.6 Å². The lowest BCUT2D eigenvalue weighted by Crippen LogP contribution is -2.32. The third-order valence-corrected chi connectivity index (χ3v) is 5.17. The van der Waals surface area contributed by atoms with Gasteiger partial charge in [0.1, 0.15) is 5.75 Å². The van der Waals surface area contributed by atoms with Crippen molar-refractivity contribution in [3.8, 4) is 5.75 Å². The van der Waals surface area contributed by atoms with Gasteiger partial charge in [0.15, 0.2) is 0 Å². The Labute approximate surface area is 180 Å². The minimum absolute atomic E-state index is 0.0147. The van der Waals surface area contributed by atoms with Crippen LogP contribution in [0.3, 0.4) is 0 Å². The SMILES string of the molecule is CC(NC(=O)CCCN1C(=O)c2ccc(Br)cc2C1=O)c1cccc(OC(F)F)c1. The van der Waals surface area contributed by atoms with E-state index in [1.165, 1.54) is 12.1 Å². The van der Waals surface area contributed by atoms with E-state index >= 15 is 0 Å². The molecule has 0 bridgehead atoms. The van der Waals surface area contributed by atoms with Gasteiger partial charge in [-0.2, -0.15) is 8.78 Å². The van der Waals surface area contributed by atoms with Crippen LogP contribution in [0.5, 0.6) is 5.75 Å². The number of imide groups is 1. The van der Waals surface area contributed by atoms with Crippen molar-refractivity contribution in [2.24, 2.45) is 0 Å². The number of halogens is 3. The lowest BCUT2D eigenvalue weighted by atomic mass is 10.1. The highest BCUT2D eigenvalue weighted by Gasteiger charge is 2.35. The average molecular weight is 481 g/mol. The Morgan fingerprint density at radius 1 is 1.13 bits per heavy atom. The van der Waals surface area contributed by atoms with E-state index in [2.05, 4.69) is 26.0 Å². The number of benzene rings is 2. The molecular formula is C21H19BrF2N2O4. The maximum absolute atomic E-state index is 12.4. The third kappa shape index (κ3) is 5.02. The van der Waals surface area contributed by atoms with Crippen LogP contribution >= 0.6 is 15.9 Å². The van der Waals surface area contributed by atoms with E-state index in [0.717, 1.165) is 4.90 Å². The van der Waals surface area contributed by atoms with Gasteiger partial charge in [-0.25, -0.2) is 0 Å². The van der Waals surface area contributed by atoms with Crippen LogP contribution in [0.15, 0.2) is 46.9 Å². The smallest absolute Gasteiger partial charge is 0.387 e. The molecule has 1 aliphatic rings. The van der Waals surface area contributed by atoms with Gasteiger partial charge in [0.2, 0.25) is 5.91 Å². The number of fused-ring (bicyclic) bond motifs is 1. The molecule has 0 aliphatic carbocycles. The third-order valence-electron chi connectivity index (χ3n) is 4.68. The van der Waals surface area contributed by atoms with Crippen LogP contribution in [0.4, 0.5) is 8.78 Å².